The van der Waals surface area contributed by atoms with Gasteiger partial charge < -0.3 is 4.42 Å². The van der Waals surface area contributed by atoms with E-state index in [1.165, 1.54) is 16.9 Å². The van der Waals surface area contributed by atoms with Crippen LogP contribution in [0.3, 0.4) is 0 Å². The topological polar surface area (TPSA) is 30.2 Å². The highest BCUT2D eigenvalue weighted by atomic mass is 32.1. The third-order valence-electron chi connectivity index (χ3n) is 1.99. The minimum atomic E-state index is 0.133. The number of hydrogen-bond acceptors (Lipinski definition) is 3. The lowest BCUT2D eigenvalue weighted by molar-refractivity contribution is 0.102. The molecule has 0 aliphatic rings. The lowest BCUT2D eigenvalue weighted by Crippen LogP contribution is -1.86. The van der Waals surface area contributed by atoms with Crippen LogP contribution < -0.4 is 0 Å². The van der Waals surface area contributed by atoms with Crippen LogP contribution in [0.2, 0.25) is 0 Å². The number of Topliss-reactive ketones (excluding diaryl/α,β-unsaturated/α-hetero) is 1. The summed E-state index contributed by atoms with van der Waals surface area (Å²) in [6, 6.07) is 3.88. The van der Waals surface area contributed by atoms with Crippen molar-refractivity contribution in [2.24, 2.45) is 0 Å². The Labute approximate surface area is 86.2 Å². The molecule has 0 amide bonds. The van der Waals surface area contributed by atoms with E-state index >= 15 is 0 Å². The molecule has 0 unspecified atom stereocenters. The molecule has 0 bridgehead atoms. The van der Waals surface area contributed by atoms with Crippen LogP contribution in [0.1, 0.15) is 27.7 Å². The van der Waals surface area contributed by atoms with Gasteiger partial charge in [-0.2, -0.15) is 0 Å². The molecule has 0 aliphatic heterocycles. The molecular weight excluding hydrogens is 196 g/mol. The zero-order valence-corrected chi connectivity index (χ0v) is 8.64. The monoisotopic (exact) mass is 206 g/mol. The summed E-state index contributed by atoms with van der Waals surface area (Å²) in [6.07, 6.45) is 4.22. The fraction of sp³-hybridized carbons (Fsp3) is 0.182. The van der Waals surface area contributed by atoms with E-state index in [4.69, 9.17) is 4.42 Å². The number of carbonyl (C=O) groups is 1. The van der Waals surface area contributed by atoms with Crippen molar-refractivity contribution in [3.05, 3.63) is 46.0 Å². The summed E-state index contributed by atoms with van der Waals surface area (Å²) in [5, 5.41) is 2.02. The van der Waals surface area contributed by atoms with Crippen LogP contribution in [0.25, 0.3) is 0 Å². The highest BCUT2D eigenvalue weighted by molar-refractivity contribution is 7.12. The zero-order valence-electron chi connectivity index (χ0n) is 7.82. The Hall–Kier alpha value is -1.35. The molecule has 2 heterocycles. The van der Waals surface area contributed by atoms with Crippen molar-refractivity contribution in [2.45, 2.75) is 13.3 Å². The fourth-order valence-electron chi connectivity index (χ4n) is 1.28. The molecule has 0 atom stereocenters. The van der Waals surface area contributed by atoms with Crippen molar-refractivity contribution in [1.29, 1.82) is 0 Å². The molecule has 2 nitrogen and oxygen atoms in total. The van der Waals surface area contributed by atoms with Gasteiger partial charge in [0, 0.05) is 6.42 Å². The molecule has 0 saturated carbocycles. The largest absolute Gasteiger partial charge is 0.472 e. The number of thiophene rings is 1. The van der Waals surface area contributed by atoms with E-state index in [-0.39, 0.29) is 5.78 Å². The van der Waals surface area contributed by atoms with Crippen LogP contribution in [0.15, 0.2) is 34.5 Å². The lowest BCUT2D eigenvalue weighted by atomic mass is 10.1. The Morgan fingerprint density at radius 3 is 2.93 bits per heavy atom. The molecule has 0 N–H and O–H groups in total. The third kappa shape index (κ3) is 1.93. The Morgan fingerprint density at radius 1 is 1.50 bits per heavy atom. The van der Waals surface area contributed by atoms with Gasteiger partial charge in [0.25, 0.3) is 0 Å². The van der Waals surface area contributed by atoms with Gasteiger partial charge in [-0.05, 0) is 35.6 Å². The first-order valence-electron chi connectivity index (χ1n) is 4.35. The SMILES string of the molecule is CC(=O)c1cc(Cc2ccoc2)cs1. The van der Waals surface area contributed by atoms with E-state index in [1.807, 2.05) is 17.5 Å². The summed E-state index contributed by atoms with van der Waals surface area (Å²) in [4.78, 5) is 11.9. The molecule has 0 spiro atoms. The predicted octanol–water partition coefficient (Wildman–Crippen LogP) is 3.13. The number of furan rings is 1. The average Bonchev–Trinajstić information content (AvgIpc) is 2.75. The van der Waals surface area contributed by atoms with Gasteiger partial charge in [0.05, 0.1) is 17.4 Å². The standard InChI is InChI=1S/C11H10O2S/c1-8(12)11-5-10(7-14-11)4-9-2-3-13-6-9/h2-3,5-7H,4H2,1H3. The van der Waals surface area contributed by atoms with E-state index < -0.39 is 0 Å². The van der Waals surface area contributed by atoms with Gasteiger partial charge in [-0.25, -0.2) is 0 Å². The first kappa shape index (κ1) is 9.21. The lowest BCUT2D eigenvalue weighted by Gasteiger charge is -1.90. The minimum absolute atomic E-state index is 0.133. The molecule has 0 aromatic carbocycles. The normalized spacial score (nSPS) is 10.4. The number of rotatable bonds is 3. The number of carbonyl (C=O) groups excluding carboxylic acids is 1. The highest BCUT2D eigenvalue weighted by Crippen LogP contribution is 2.18. The molecule has 72 valence electrons. The van der Waals surface area contributed by atoms with Crippen molar-refractivity contribution >= 4 is 17.1 Å². The van der Waals surface area contributed by atoms with E-state index in [0.717, 1.165) is 16.9 Å². The molecule has 2 aromatic heterocycles. The molecule has 0 radical (unpaired) electrons. The number of hydrogen-bond donors (Lipinski definition) is 0. The molecule has 0 aliphatic carbocycles. The van der Waals surface area contributed by atoms with E-state index in [2.05, 4.69) is 0 Å². The van der Waals surface area contributed by atoms with Gasteiger partial charge in [0.2, 0.25) is 0 Å². The van der Waals surface area contributed by atoms with Crippen LogP contribution in [0, 0.1) is 0 Å². The smallest absolute Gasteiger partial charge is 0.169 e. The second-order valence-corrected chi connectivity index (χ2v) is 4.09. The van der Waals surface area contributed by atoms with Crippen LogP contribution in [0.5, 0.6) is 0 Å². The second kappa shape index (κ2) is 3.80. The Bertz CT molecular complexity index is 426. The van der Waals surface area contributed by atoms with Crippen molar-refractivity contribution in [3.63, 3.8) is 0 Å². The van der Waals surface area contributed by atoms with Crippen LogP contribution in [-0.2, 0) is 6.42 Å². The van der Waals surface area contributed by atoms with Gasteiger partial charge in [0.15, 0.2) is 5.78 Å². The summed E-state index contributed by atoms with van der Waals surface area (Å²) in [5.41, 5.74) is 2.31. The van der Waals surface area contributed by atoms with Crippen molar-refractivity contribution in [3.8, 4) is 0 Å². The van der Waals surface area contributed by atoms with Crippen molar-refractivity contribution < 1.29 is 9.21 Å². The molecule has 0 fully saturated rings. The zero-order chi connectivity index (χ0) is 9.97. The van der Waals surface area contributed by atoms with E-state index in [1.54, 1.807) is 19.5 Å². The van der Waals surface area contributed by atoms with Gasteiger partial charge in [-0.3, -0.25) is 4.79 Å². The fourth-order valence-corrected chi connectivity index (χ4v) is 2.10. The Balaban J connectivity index is 2.14. The average molecular weight is 206 g/mol. The van der Waals surface area contributed by atoms with Gasteiger partial charge in [-0.1, -0.05) is 0 Å². The highest BCUT2D eigenvalue weighted by Gasteiger charge is 2.04. The van der Waals surface area contributed by atoms with Gasteiger partial charge in [-0.15, -0.1) is 11.3 Å². The summed E-state index contributed by atoms with van der Waals surface area (Å²) in [6.45, 7) is 1.59. The summed E-state index contributed by atoms with van der Waals surface area (Å²) >= 11 is 1.50. The maximum atomic E-state index is 11.1. The molecule has 0 saturated heterocycles. The van der Waals surface area contributed by atoms with Crippen molar-refractivity contribution in [1.82, 2.24) is 0 Å². The van der Waals surface area contributed by atoms with E-state index in [0.29, 0.717) is 0 Å². The predicted molar refractivity (Wildman–Crippen MR) is 55.8 cm³/mol. The minimum Gasteiger partial charge on any atom is -0.472 e. The van der Waals surface area contributed by atoms with Crippen LogP contribution in [0.4, 0.5) is 0 Å². The quantitative estimate of drug-likeness (QED) is 0.722. The molecular formula is C11H10O2S. The third-order valence-corrected chi connectivity index (χ3v) is 3.07. The number of ketones is 1. The summed E-state index contributed by atoms with van der Waals surface area (Å²) in [7, 11) is 0. The molecule has 3 heteroatoms. The molecule has 2 rings (SSSR count). The Morgan fingerprint density at radius 2 is 2.36 bits per heavy atom. The van der Waals surface area contributed by atoms with Crippen molar-refractivity contribution in [2.75, 3.05) is 0 Å². The van der Waals surface area contributed by atoms with Crippen LogP contribution >= 0.6 is 11.3 Å². The first-order chi connectivity index (χ1) is 6.75. The van der Waals surface area contributed by atoms with Crippen LogP contribution in [-0.4, -0.2) is 5.78 Å². The molecule has 14 heavy (non-hydrogen) atoms. The molecule has 2 aromatic rings. The maximum absolute atomic E-state index is 11.1. The summed E-state index contributed by atoms with van der Waals surface area (Å²) < 4.78 is 4.98. The Kier molecular flexibility index (Phi) is 2.50. The van der Waals surface area contributed by atoms with Gasteiger partial charge in [0.1, 0.15) is 0 Å². The second-order valence-electron chi connectivity index (χ2n) is 3.18. The van der Waals surface area contributed by atoms with E-state index in [9.17, 15) is 4.79 Å². The van der Waals surface area contributed by atoms with Gasteiger partial charge >= 0.3 is 0 Å². The maximum Gasteiger partial charge on any atom is 0.169 e. The first-order valence-corrected chi connectivity index (χ1v) is 5.23. The summed E-state index contributed by atoms with van der Waals surface area (Å²) in [5.74, 6) is 0.133.